The van der Waals surface area contributed by atoms with Gasteiger partial charge in [-0.1, -0.05) is 43.0 Å². The summed E-state index contributed by atoms with van der Waals surface area (Å²) in [6.45, 7) is 6.04. The number of aryl methyl sites for hydroxylation is 2. The first-order chi connectivity index (χ1) is 19.8. The molecule has 0 aliphatic rings. The van der Waals surface area contributed by atoms with E-state index >= 15 is 0 Å². The van der Waals surface area contributed by atoms with E-state index in [0.717, 1.165) is 44.0 Å². The highest BCUT2D eigenvalue weighted by atomic mass is 19.2. The van der Waals surface area contributed by atoms with Gasteiger partial charge in [-0.2, -0.15) is 14.6 Å². The van der Waals surface area contributed by atoms with Crippen LogP contribution in [0.1, 0.15) is 17.0 Å². The topological polar surface area (TPSA) is 72.8 Å². The number of hydrogen-bond acceptors (Lipinski definition) is 4. The maximum Gasteiger partial charge on any atom is 0.267 e. The van der Waals surface area contributed by atoms with E-state index in [4.69, 9.17) is 8.83 Å². The number of nitriles is 1. The molecule has 41 heavy (non-hydrogen) atoms. The summed E-state index contributed by atoms with van der Waals surface area (Å²) in [4.78, 5) is 3.70. The molecule has 0 radical (unpaired) electrons. The first-order valence-corrected chi connectivity index (χ1v) is 12.9. The lowest BCUT2D eigenvalue weighted by Gasteiger charge is -2.12. The number of para-hydroxylation sites is 2. The van der Waals surface area contributed by atoms with Crippen molar-refractivity contribution in [2.75, 3.05) is 0 Å². The largest absolute Gasteiger partial charge is 0.449 e. The molecule has 6 nitrogen and oxygen atoms in total. The molecule has 0 aliphatic carbocycles. The Hall–Kier alpha value is -5.42. The molecule has 0 saturated carbocycles. The van der Waals surface area contributed by atoms with Crippen LogP contribution in [-0.2, 0) is 14.1 Å². The fourth-order valence-corrected chi connectivity index (χ4v) is 5.94. The maximum atomic E-state index is 14.8. The predicted molar refractivity (Wildman–Crippen MR) is 157 cm³/mol. The van der Waals surface area contributed by atoms with Crippen molar-refractivity contribution in [1.29, 1.82) is 5.26 Å². The number of fused-ring (bicyclic) bond motifs is 7. The van der Waals surface area contributed by atoms with E-state index in [0.29, 0.717) is 16.5 Å². The average molecular weight is 545 g/mol. The zero-order valence-corrected chi connectivity index (χ0v) is 22.4. The number of nitrogens with zero attached hydrogens (tertiary/aromatic N) is 4. The molecule has 7 rings (SSSR count). The second-order valence-corrected chi connectivity index (χ2v) is 9.93. The smallest absolute Gasteiger partial charge is 0.267 e. The highest BCUT2D eigenvalue weighted by Gasteiger charge is 2.25. The van der Waals surface area contributed by atoms with Gasteiger partial charge >= 0.3 is 0 Å². The van der Waals surface area contributed by atoms with Gasteiger partial charge in [0.2, 0.25) is 5.58 Å². The molecule has 0 N–H and O–H groups in total. The van der Waals surface area contributed by atoms with Gasteiger partial charge in [-0.05, 0) is 37.3 Å². The second-order valence-electron chi connectivity index (χ2n) is 9.93. The van der Waals surface area contributed by atoms with E-state index in [2.05, 4.69) is 20.7 Å². The van der Waals surface area contributed by atoms with E-state index in [1.54, 1.807) is 12.1 Å². The predicted octanol–water partition coefficient (Wildman–Crippen LogP) is 8.60. The fraction of sp³-hybridized carbons (Fsp3) is 0.0909. The van der Waals surface area contributed by atoms with Crippen molar-refractivity contribution >= 4 is 61.1 Å². The molecule has 0 fully saturated rings. The molecule has 0 saturated heterocycles. The number of benzene rings is 3. The summed E-state index contributed by atoms with van der Waals surface area (Å²) in [7, 11) is 3.98. The Bertz CT molecular complexity index is 2360. The summed E-state index contributed by atoms with van der Waals surface area (Å²) in [6, 6.07) is 21.4. The lowest BCUT2D eigenvalue weighted by molar-refractivity contribution is 0.466. The number of hydrogen-bond donors (Lipinski definition) is 0. The molecule has 0 spiro atoms. The van der Waals surface area contributed by atoms with E-state index < -0.39 is 17.3 Å². The minimum absolute atomic E-state index is 0.250. The summed E-state index contributed by atoms with van der Waals surface area (Å²) in [5.74, 6) is -2.61. The third-order valence-electron chi connectivity index (χ3n) is 7.92. The van der Waals surface area contributed by atoms with Crippen LogP contribution >= 0.6 is 0 Å². The zero-order valence-electron chi connectivity index (χ0n) is 22.4. The van der Waals surface area contributed by atoms with Crippen LogP contribution in [0, 0.1) is 30.0 Å². The van der Waals surface area contributed by atoms with Crippen LogP contribution in [0.25, 0.3) is 72.2 Å². The third kappa shape index (κ3) is 3.29. The molecular formula is C33H22F2N4O2. The highest BCUT2D eigenvalue weighted by Crippen LogP contribution is 2.45. The first-order valence-electron chi connectivity index (χ1n) is 12.9. The first kappa shape index (κ1) is 24.6. The highest BCUT2D eigenvalue weighted by molar-refractivity contribution is 6.25. The van der Waals surface area contributed by atoms with Gasteiger partial charge in [0.15, 0.2) is 5.82 Å². The van der Waals surface area contributed by atoms with Crippen molar-refractivity contribution in [3.8, 4) is 17.2 Å². The van der Waals surface area contributed by atoms with Crippen molar-refractivity contribution in [3.63, 3.8) is 0 Å². The molecule has 0 aliphatic heterocycles. The molecule has 0 unspecified atom stereocenters. The molecule has 8 heteroatoms. The van der Waals surface area contributed by atoms with Crippen LogP contribution in [0.5, 0.6) is 0 Å². The quantitative estimate of drug-likeness (QED) is 0.204. The van der Waals surface area contributed by atoms with Gasteiger partial charge in [-0.25, -0.2) is 4.39 Å². The Balaban J connectivity index is 1.88. The van der Waals surface area contributed by atoms with Crippen LogP contribution in [0.3, 0.4) is 0 Å². The average Bonchev–Trinajstić information content (AvgIpc) is 3.41. The Kier molecular flexibility index (Phi) is 5.28. The SMILES string of the molecule is C=Cc1oc2c(C#N)c(F)c(F)nc2oc2ccc3c(c4ccccc4n3C)c2c1-c1c(C)n(C)c2ccccc12. The molecule has 4 heterocycles. The standard InChI is InChI=1S/C33H22F2N4O2/c1-5-24-28(26-17(2)38(3)21-12-8-6-10-18(21)26)29-25(41-33-31(40-24)20(16-36)30(34)32(35)37-33)15-14-23-27(29)19-11-7-9-13-22(19)39(23)4/h5-15H,1H2,2-4H3. The van der Waals surface area contributed by atoms with Gasteiger partial charge in [0.1, 0.15) is 23.0 Å². The lowest BCUT2D eigenvalue weighted by Crippen LogP contribution is -1.97. The summed E-state index contributed by atoms with van der Waals surface area (Å²) in [6.07, 6.45) is 1.52. The molecule has 0 amide bonds. The fourth-order valence-electron chi connectivity index (χ4n) is 5.94. The van der Waals surface area contributed by atoms with Gasteiger partial charge in [-0.15, -0.1) is 0 Å². The Morgan fingerprint density at radius 3 is 2.24 bits per heavy atom. The van der Waals surface area contributed by atoms with Crippen molar-refractivity contribution in [2.24, 2.45) is 14.1 Å². The Labute approximate surface area is 232 Å². The minimum atomic E-state index is -1.45. The van der Waals surface area contributed by atoms with Crippen LogP contribution in [-0.4, -0.2) is 14.1 Å². The van der Waals surface area contributed by atoms with Gasteiger partial charge < -0.3 is 18.0 Å². The number of halogens is 2. The van der Waals surface area contributed by atoms with E-state index in [1.807, 2.05) is 75.6 Å². The van der Waals surface area contributed by atoms with Crippen molar-refractivity contribution in [2.45, 2.75) is 6.92 Å². The molecule has 200 valence electrons. The molecule has 4 aromatic heterocycles. The minimum Gasteiger partial charge on any atom is -0.449 e. The zero-order chi connectivity index (χ0) is 28.6. The van der Waals surface area contributed by atoms with Crippen LogP contribution < -0.4 is 0 Å². The van der Waals surface area contributed by atoms with Gasteiger partial charge in [0, 0.05) is 69.0 Å². The van der Waals surface area contributed by atoms with Crippen LogP contribution in [0.2, 0.25) is 0 Å². The van der Waals surface area contributed by atoms with Crippen molar-refractivity contribution in [1.82, 2.24) is 14.1 Å². The molecule has 0 atom stereocenters. The van der Waals surface area contributed by atoms with Crippen LogP contribution in [0.4, 0.5) is 8.78 Å². The summed E-state index contributed by atoms with van der Waals surface area (Å²) >= 11 is 0. The van der Waals surface area contributed by atoms with Crippen molar-refractivity contribution in [3.05, 3.63) is 96.0 Å². The number of pyridine rings is 1. The second kappa shape index (κ2) is 8.80. The number of aromatic nitrogens is 3. The van der Waals surface area contributed by atoms with Crippen LogP contribution in [0.15, 0.2) is 76.1 Å². The van der Waals surface area contributed by atoms with Gasteiger partial charge in [0.25, 0.3) is 11.7 Å². The van der Waals surface area contributed by atoms with Gasteiger partial charge in [0.05, 0.1) is 0 Å². The van der Waals surface area contributed by atoms with Crippen molar-refractivity contribution < 1.29 is 17.6 Å². The van der Waals surface area contributed by atoms with E-state index in [9.17, 15) is 14.0 Å². The normalized spacial score (nSPS) is 11.6. The Morgan fingerprint density at radius 1 is 0.854 bits per heavy atom. The van der Waals surface area contributed by atoms with Gasteiger partial charge in [-0.3, -0.25) is 0 Å². The maximum absolute atomic E-state index is 14.8. The Morgan fingerprint density at radius 2 is 1.54 bits per heavy atom. The molecule has 3 aromatic carbocycles. The van der Waals surface area contributed by atoms with E-state index in [-0.39, 0.29) is 17.1 Å². The summed E-state index contributed by atoms with van der Waals surface area (Å²) < 4.78 is 46.1. The third-order valence-corrected chi connectivity index (χ3v) is 7.92. The molecular weight excluding hydrogens is 522 g/mol. The molecule has 7 aromatic rings. The number of rotatable bonds is 2. The molecule has 0 bridgehead atoms. The van der Waals surface area contributed by atoms with E-state index in [1.165, 1.54) is 6.08 Å². The summed E-state index contributed by atoms with van der Waals surface area (Å²) in [5.41, 5.74) is 4.42. The monoisotopic (exact) mass is 544 g/mol. The summed E-state index contributed by atoms with van der Waals surface area (Å²) in [5, 5.41) is 13.3. The lowest BCUT2D eigenvalue weighted by atomic mass is 9.94.